The van der Waals surface area contributed by atoms with Gasteiger partial charge in [0, 0.05) is 0 Å². The van der Waals surface area contributed by atoms with E-state index in [-0.39, 0.29) is 0 Å². The lowest BCUT2D eigenvalue weighted by atomic mass is 10.00. The average molecular weight is 192 g/mol. The fourth-order valence-corrected chi connectivity index (χ4v) is 1.71. The van der Waals surface area contributed by atoms with Gasteiger partial charge in [-0.15, -0.1) is 0 Å². The summed E-state index contributed by atoms with van der Waals surface area (Å²) >= 11 is 0. The second-order valence-electron chi connectivity index (χ2n) is 3.85. The number of aryl methyl sites for hydroxylation is 3. The van der Waals surface area contributed by atoms with Crippen LogP contribution in [0.25, 0.3) is 0 Å². The lowest BCUT2D eigenvalue weighted by Crippen LogP contribution is -1.94. The highest BCUT2D eigenvalue weighted by Crippen LogP contribution is 2.23. The van der Waals surface area contributed by atoms with Crippen molar-refractivity contribution < 1.29 is 4.74 Å². The van der Waals surface area contributed by atoms with Gasteiger partial charge in [0.1, 0.15) is 5.75 Å². The first-order valence-corrected chi connectivity index (χ1v) is 5.33. The highest BCUT2D eigenvalue weighted by atomic mass is 16.5. The average Bonchev–Trinajstić information content (AvgIpc) is 2.18. The predicted molar refractivity (Wildman–Crippen MR) is 61.1 cm³/mol. The van der Waals surface area contributed by atoms with Gasteiger partial charge in [0.05, 0.1) is 7.11 Å². The summed E-state index contributed by atoms with van der Waals surface area (Å²) in [5, 5.41) is 0. The minimum atomic E-state index is 1.00. The summed E-state index contributed by atoms with van der Waals surface area (Å²) in [7, 11) is 1.73. The molecule has 78 valence electrons. The van der Waals surface area contributed by atoms with Gasteiger partial charge in [-0.05, 0) is 49.4 Å². The summed E-state index contributed by atoms with van der Waals surface area (Å²) in [5.41, 5.74) is 4.05. The third-order valence-electron chi connectivity index (χ3n) is 2.65. The minimum Gasteiger partial charge on any atom is -0.496 e. The molecule has 1 aromatic carbocycles. The second kappa shape index (κ2) is 5.04. The van der Waals surface area contributed by atoms with Gasteiger partial charge in [0.25, 0.3) is 0 Å². The maximum absolute atomic E-state index is 5.29. The van der Waals surface area contributed by atoms with Gasteiger partial charge < -0.3 is 4.74 Å². The van der Waals surface area contributed by atoms with Crippen LogP contribution in [0.4, 0.5) is 0 Å². The molecule has 0 saturated carbocycles. The van der Waals surface area contributed by atoms with Gasteiger partial charge in [-0.2, -0.15) is 0 Å². The quantitative estimate of drug-likeness (QED) is 0.707. The van der Waals surface area contributed by atoms with Crippen LogP contribution in [0.3, 0.4) is 0 Å². The van der Waals surface area contributed by atoms with Crippen LogP contribution in [0.2, 0.25) is 0 Å². The maximum Gasteiger partial charge on any atom is 0.122 e. The molecule has 1 aromatic rings. The molecule has 0 saturated heterocycles. The molecule has 0 bridgehead atoms. The molecule has 0 N–H and O–H groups in total. The van der Waals surface area contributed by atoms with Crippen LogP contribution in [0.15, 0.2) is 12.1 Å². The Bertz CT molecular complexity index is 302. The van der Waals surface area contributed by atoms with Crippen molar-refractivity contribution in [3.05, 3.63) is 28.8 Å². The smallest absolute Gasteiger partial charge is 0.122 e. The van der Waals surface area contributed by atoms with Crippen molar-refractivity contribution in [1.82, 2.24) is 0 Å². The predicted octanol–water partition coefficient (Wildman–Crippen LogP) is 3.65. The van der Waals surface area contributed by atoms with Gasteiger partial charge in [-0.3, -0.25) is 0 Å². The summed E-state index contributed by atoms with van der Waals surface area (Å²) in [6.45, 7) is 6.49. The Morgan fingerprint density at radius 2 is 1.86 bits per heavy atom. The van der Waals surface area contributed by atoms with E-state index >= 15 is 0 Å². The van der Waals surface area contributed by atoms with Crippen molar-refractivity contribution in [2.75, 3.05) is 7.11 Å². The van der Waals surface area contributed by atoms with Gasteiger partial charge in [-0.25, -0.2) is 0 Å². The van der Waals surface area contributed by atoms with E-state index in [4.69, 9.17) is 4.74 Å². The molecule has 0 spiro atoms. The molecule has 0 fully saturated rings. The SMILES string of the molecule is CCCCc1cc(C)c(OC)cc1C. The molecule has 0 heterocycles. The standard InChI is InChI=1S/C13H20O/c1-5-6-7-12-8-11(3)13(14-4)9-10(12)2/h8-9H,5-7H2,1-4H3. The number of unbranched alkanes of at least 4 members (excludes halogenated alkanes) is 1. The Labute approximate surface area is 87.1 Å². The molecule has 0 unspecified atom stereocenters. The van der Waals surface area contributed by atoms with Crippen molar-refractivity contribution in [2.45, 2.75) is 40.0 Å². The number of benzene rings is 1. The lowest BCUT2D eigenvalue weighted by molar-refractivity contribution is 0.411. The van der Waals surface area contributed by atoms with E-state index in [2.05, 4.69) is 32.9 Å². The Balaban J connectivity index is 2.90. The zero-order valence-electron chi connectivity index (χ0n) is 9.68. The zero-order chi connectivity index (χ0) is 10.6. The summed E-state index contributed by atoms with van der Waals surface area (Å²) in [4.78, 5) is 0. The number of methoxy groups -OCH3 is 1. The fraction of sp³-hybridized carbons (Fsp3) is 0.538. The molecule has 14 heavy (non-hydrogen) atoms. The van der Waals surface area contributed by atoms with E-state index in [1.807, 2.05) is 0 Å². The van der Waals surface area contributed by atoms with E-state index in [1.54, 1.807) is 7.11 Å². The van der Waals surface area contributed by atoms with Crippen LogP contribution < -0.4 is 4.74 Å². The Morgan fingerprint density at radius 1 is 1.14 bits per heavy atom. The van der Waals surface area contributed by atoms with Crippen molar-refractivity contribution in [1.29, 1.82) is 0 Å². The van der Waals surface area contributed by atoms with E-state index in [9.17, 15) is 0 Å². The van der Waals surface area contributed by atoms with Crippen molar-refractivity contribution in [3.8, 4) is 5.75 Å². The number of hydrogen-bond donors (Lipinski definition) is 0. The third-order valence-corrected chi connectivity index (χ3v) is 2.65. The number of ether oxygens (including phenoxy) is 1. The van der Waals surface area contributed by atoms with Crippen LogP contribution in [-0.2, 0) is 6.42 Å². The molecule has 0 aromatic heterocycles. The Kier molecular flexibility index (Phi) is 3.99. The van der Waals surface area contributed by atoms with Crippen molar-refractivity contribution in [2.24, 2.45) is 0 Å². The maximum atomic E-state index is 5.29. The monoisotopic (exact) mass is 192 g/mol. The van der Waals surface area contributed by atoms with Crippen LogP contribution in [0, 0.1) is 13.8 Å². The molecular formula is C13H20O. The normalized spacial score (nSPS) is 10.3. The topological polar surface area (TPSA) is 9.23 Å². The van der Waals surface area contributed by atoms with Crippen LogP contribution in [-0.4, -0.2) is 7.11 Å². The van der Waals surface area contributed by atoms with Gasteiger partial charge >= 0.3 is 0 Å². The zero-order valence-corrected chi connectivity index (χ0v) is 9.68. The second-order valence-corrected chi connectivity index (χ2v) is 3.85. The van der Waals surface area contributed by atoms with Crippen LogP contribution >= 0.6 is 0 Å². The highest BCUT2D eigenvalue weighted by molar-refractivity contribution is 5.41. The van der Waals surface area contributed by atoms with Gasteiger partial charge in [0.15, 0.2) is 0 Å². The van der Waals surface area contributed by atoms with Crippen LogP contribution in [0.5, 0.6) is 5.75 Å². The molecule has 1 rings (SSSR count). The van der Waals surface area contributed by atoms with E-state index in [0.717, 1.165) is 5.75 Å². The summed E-state index contributed by atoms with van der Waals surface area (Å²) in [5.74, 6) is 1.00. The first-order chi connectivity index (χ1) is 6.69. The van der Waals surface area contributed by atoms with Gasteiger partial charge in [-0.1, -0.05) is 19.4 Å². The van der Waals surface area contributed by atoms with Crippen molar-refractivity contribution in [3.63, 3.8) is 0 Å². The largest absolute Gasteiger partial charge is 0.496 e. The first kappa shape index (κ1) is 11.1. The third kappa shape index (κ3) is 2.50. The molecule has 0 aliphatic carbocycles. The molecule has 0 atom stereocenters. The molecule has 1 heteroatoms. The minimum absolute atomic E-state index is 1.00. The Morgan fingerprint density at radius 3 is 2.43 bits per heavy atom. The highest BCUT2D eigenvalue weighted by Gasteiger charge is 2.03. The van der Waals surface area contributed by atoms with E-state index in [0.29, 0.717) is 0 Å². The molecule has 0 aliphatic rings. The van der Waals surface area contributed by atoms with Crippen LogP contribution in [0.1, 0.15) is 36.5 Å². The summed E-state index contributed by atoms with van der Waals surface area (Å²) < 4.78 is 5.29. The van der Waals surface area contributed by atoms with E-state index in [1.165, 1.54) is 36.0 Å². The molecule has 0 amide bonds. The summed E-state index contributed by atoms with van der Waals surface area (Å²) in [6.07, 6.45) is 3.71. The lowest BCUT2D eigenvalue weighted by Gasteiger charge is -2.10. The number of rotatable bonds is 4. The van der Waals surface area contributed by atoms with E-state index < -0.39 is 0 Å². The van der Waals surface area contributed by atoms with Gasteiger partial charge in [0.2, 0.25) is 0 Å². The molecule has 0 aliphatic heterocycles. The molecular weight excluding hydrogens is 172 g/mol. The fourth-order valence-electron chi connectivity index (χ4n) is 1.71. The molecule has 1 nitrogen and oxygen atoms in total. The Hall–Kier alpha value is -0.980. The first-order valence-electron chi connectivity index (χ1n) is 5.33. The van der Waals surface area contributed by atoms with Crippen molar-refractivity contribution >= 4 is 0 Å². The summed E-state index contributed by atoms with van der Waals surface area (Å²) in [6, 6.07) is 4.39. The number of hydrogen-bond acceptors (Lipinski definition) is 1. The molecule has 0 radical (unpaired) electrons.